The van der Waals surface area contributed by atoms with E-state index in [1.165, 1.54) is 19.1 Å². The van der Waals surface area contributed by atoms with Crippen molar-refractivity contribution >= 4 is 27.8 Å². The third-order valence-corrected chi connectivity index (χ3v) is 4.22. The molecule has 0 fully saturated rings. The Labute approximate surface area is 143 Å². The Morgan fingerprint density at radius 1 is 1.20 bits per heavy atom. The molecule has 0 saturated heterocycles. The van der Waals surface area contributed by atoms with Crippen LogP contribution in [0.2, 0.25) is 0 Å². The number of carbonyl (C=O) groups excluding carboxylic acids is 1. The zero-order chi connectivity index (χ0) is 17.4. The second kappa shape index (κ2) is 6.05. The van der Waals surface area contributed by atoms with Gasteiger partial charge in [0.05, 0.1) is 11.0 Å². The van der Waals surface area contributed by atoms with Crippen LogP contribution in [0.1, 0.15) is 12.7 Å². The second-order valence-corrected chi connectivity index (χ2v) is 6.04. The first-order valence-electron chi connectivity index (χ1n) is 8.10. The van der Waals surface area contributed by atoms with E-state index in [1.807, 2.05) is 24.4 Å². The van der Waals surface area contributed by atoms with E-state index in [2.05, 4.69) is 20.3 Å². The van der Waals surface area contributed by atoms with Crippen molar-refractivity contribution < 1.29 is 9.18 Å². The highest BCUT2D eigenvalue weighted by Gasteiger charge is 2.09. The molecule has 4 aromatic rings. The summed E-state index contributed by atoms with van der Waals surface area (Å²) in [7, 11) is 0. The van der Waals surface area contributed by atoms with Gasteiger partial charge in [0, 0.05) is 42.6 Å². The van der Waals surface area contributed by atoms with Crippen molar-refractivity contribution in [3.05, 3.63) is 54.2 Å². The summed E-state index contributed by atoms with van der Waals surface area (Å²) in [4.78, 5) is 21.9. The summed E-state index contributed by atoms with van der Waals surface area (Å²) in [6.07, 6.45) is 2.54. The van der Waals surface area contributed by atoms with E-state index in [-0.39, 0.29) is 11.7 Å². The molecule has 5 nitrogen and oxygen atoms in total. The molecule has 4 rings (SSSR count). The fourth-order valence-corrected chi connectivity index (χ4v) is 3.04. The summed E-state index contributed by atoms with van der Waals surface area (Å²) in [6, 6.07) is 10.8. The molecule has 0 aliphatic heterocycles. The second-order valence-electron chi connectivity index (χ2n) is 6.04. The standard InChI is InChI=1S/C19H17FN4O/c1-11(25)21-7-6-19-23-16-5-2-12(8-18(16)24-19)15-10-22-17-9-13(20)3-4-14(15)17/h2-5,8-10,22H,6-7H2,1H3,(H,21,25)(H,23,24). The lowest BCUT2D eigenvalue weighted by Crippen LogP contribution is -2.22. The first kappa shape index (κ1) is 15.4. The van der Waals surface area contributed by atoms with Gasteiger partial charge in [-0.05, 0) is 35.9 Å². The number of H-pyrrole nitrogens is 2. The number of rotatable bonds is 4. The Morgan fingerprint density at radius 3 is 2.92 bits per heavy atom. The van der Waals surface area contributed by atoms with E-state index in [1.54, 1.807) is 6.07 Å². The maximum Gasteiger partial charge on any atom is 0.216 e. The molecule has 6 heteroatoms. The number of fused-ring (bicyclic) bond motifs is 2. The summed E-state index contributed by atoms with van der Waals surface area (Å²) in [5.74, 6) is 0.532. The van der Waals surface area contributed by atoms with Crippen molar-refractivity contribution in [1.82, 2.24) is 20.3 Å². The van der Waals surface area contributed by atoms with Gasteiger partial charge >= 0.3 is 0 Å². The van der Waals surface area contributed by atoms with Crippen LogP contribution in [0.4, 0.5) is 4.39 Å². The number of halogens is 1. The molecule has 0 radical (unpaired) electrons. The number of aromatic amines is 2. The quantitative estimate of drug-likeness (QED) is 0.533. The summed E-state index contributed by atoms with van der Waals surface area (Å²) in [5, 5.41) is 3.74. The Balaban J connectivity index is 1.67. The minimum atomic E-state index is -0.256. The number of imidazole rings is 1. The molecule has 0 spiro atoms. The Morgan fingerprint density at radius 2 is 2.08 bits per heavy atom. The van der Waals surface area contributed by atoms with Crippen molar-refractivity contribution in [3.8, 4) is 11.1 Å². The SMILES string of the molecule is CC(=O)NCCc1nc2ccc(-c3c[nH]c4cc(F)ccc34)cc2[nH]1. The van der Waals surface area contributed by atoms with Crippen LogP contribution < -0.4 is 5.32 Å². The molecule has 3 N–H and O–H groups in total. The van der Waals surface area contributed by atoms with Crippen LogP contribution in [0.5, 0.6) is 0 Å². The molecule has 0 bridgehead atoms. The van der Waals surface area contributed by atoms with E-state index < -0.39 is 0 Å². The van der Waals surface area contributed by atoms with Crippen molar-refractivity contribution in [1.29, 1.82) is 0 Å². The largest absolute Gasteiger partial charge is 0.360 e. The topological polar surface area (TPSA) is 73.6 Å². The molecule has 0 aliphatic rings. The minimum Gasteiger partial charge on any atom is -0.360 e. The molecule has 126 valence electrons. The van der Waals surface area contributed by atoms with Crippen LogP contribution >= 0.6 is 0 Å². The zero-order valence-electron chi connectivity index (χ0n) is 13.7. The molecule has 0 saturated carbocycles. The first-order valence-corrected chi connectivity index (χ1v) is 8.10. The van der Waals surface area contributed by atoms with Crippen molar-refractivity contribution in [2.75, 3.05) is 6.54 Å². The van der Waals surface area contributed by atoms with Gasteiger partial charge in [-0.25, -0.2) is 9.37 Å². The number of hydrogen-bond donors (Lipinski definition) is 3. The maximum absolute atomic E-state index is 13.4. The number of nitrogens with one attached hydrogen (secondary N) is 3. The summed E-state index contributed by atoms with van der Waals surface area (Å²) >= 11 is 0. The molecular weight excluding hydrogens is 319 g/mol. The highest BCUT2D eigenvalue weighted by Crippen LogP contribution is 2.30. The van der Waals surface area contributed by atoms with Gasteiger partial charge in [-0.3, -0.25) is 4.79 Å². The molecule has 2 aromatic carbocycles. The van der Waals surface area contributed by atoms with Crippen molar-refractivity contribution in [3.63, 3.8) is 0 Å². The van der Waals surface area contributed by atoms with E-state index in [0.29, 0.717) is 13.0 Å². The van der Waals surface area contributed by atoms with Crippen molar-refractivity contribution in [2.24, 2.45) is 0 Å². The number of aromatic nitrogens is 3. The van der Waals surface area contributed by atoms with E-state index in [4.69, 9.17) is 0 Å². The minimum absolute atomic E-state index is 0.0471. The lowest BCUT2D eigenvalue weighted by molar-refractivity contribution is -0.118. The fourth-order valence-electron chi connectivity index (χ4n) is 3.04. The normalized spacial score (nSPS) is 11.3. The van der Waals surface area contributed by atoms with Crippen LogP contribution in [0, 0.1) is 5.82 Å². The predicted molar refractivity (Wildman–Crippen MR) is 95.7 cm³/mol. The molecule has 25 heavy (non-hydrogen) atoms. The van der Waals surface area contributed by atoms with Gasteiger partial charge in [0.1, 0.15) is 11.6 Å². The van der Waals surface area contributed by atoms with Gasteiger partial charge in [-0.15, -0.1) is 0 Å². The average Bonchev–Trinajstić information content (AvgIpc) is 3.16. The average molecular weight is 336 g/mol. The smallest absolute Gasteiger partial charge is 0.216 e. The highest BCUT2D eigenvalue weighted by molar-refractivity contribution is 5.97. The van der Waals surface area contributed by atoms with E-state index in [0.717, 1.165) is 38.9 Å². The third kappa shape index (κ3) is 2.98. The van der Waals surface area contributed by atoms with Crippen LogP contribution in [0.3, 0.4) is 0 Å². The fraction of sp³-hybridized carbons (Fsp3) is 0.158. The van der Waals surface area contributed by atoms with E-state index >= 15 is 0 Å². The first-order chi connectivity index (χ1) is 12.1. The predicted octanol–water partition coefficient (Wildman–Crippen LogP) is 3.53. The molecular formula is C19H17FN4O. The molecule has 2 aromatic heterocycles. The molecule has 0 atom stereocenters. The number of hydrogen-bond acceptors (Lipinski definition) is 2. The zero-order valence-corrected chi connectivity index (χ0v) is 13.7. The van der Waals surface area contributed by atoms with Gasteiger partial charge in [0.2, 0.25) is 5.91 Å². The van der Waals surface area contributed by atoms with Gasteiger partial charge in [-0.1, -0.05) is 6.07 Å². The van der Waals surface area contributed by atoms with Gasteiger partial charge < -0.3 is 15.3 Å². The monoisotopic (exact) mass is 336 g/mol. The van der Waals surface area contributed by atoms with Crippen LogP contribution in [-0.4, -0.2) is 27.4 Å². The molecule has 0 unspecified atom stereocenters. The van der Waals surface area contributed by atoms with Gasteiger partial charge in [0.25, 0.3) is 0 Å². The maximum atomic E-state index is 13.4. The molecule has 0 aliphatic carbocycles. The third-order valence-electron chi connectivity index (χ3n) is 4.22. The van der Waals surface area contributed by atoms with Gasteiger partial charge in [-0.2, -0.15) is 0 Å². The van der Waals surface area contributed by atoms with Gasteiger partial charge in [0.15, 0.2) is 0 Å². The Hall–Kier alpha value is -3.15. The van der Waals surface area contributed by atoms with Crippen LogP contribution in [-0.2, 0) is 11.2 Å². The highest BCUT2D eigenvalue weighted by atomic mass is 19.1. The lowest BCUT2D eigenvalue weighted by Gasteiger charge is -2.00. The molecule has 1 amide bonds. The van der Waals surface area contributed by atoms with Crippen LogP contribution in [0.25, 0.3) is 33.1 Å². The summed E-state index contributed by atoms with van der Waals surface area (Å²) in [6.45, 7) is 2.05. The number of carbonyl (C=O) groups is 1. The Kier molecular flexibility index (Phi) is 3.72. The van der Waals surface area contributed by atoms with Crippen molar-refractivity contribution in [2.45, 2.75) is 13.3 Å². The lowest BCUT2D eigenvalue weighted by atomic mass is 10.0. The summed E-state index contributed by atoms with van der Waals surface area (Å²) < 4.78 is 13.4. The summed E-state index contributed by atoms with van der Waals surface area (Å²) in [5.41, 5.74) is 4.64. The molecule has 2 heterocycles. The van der Waals surface area contributed by atoms with E-state index in [9.17, 15) is 9.18 Å². The van der Waals surface area contributed by atoms with Crippen LogP contribution in [0.15, 0.2) is 42.6 Å². The number of amides is 1. The number of nitrogens with zero attached hydrogens (tertiary/aromatic N) is 1. The Bertz CT molecular complexity index is 1080. The number of benzene rings is 2.